The quantitative estimate of drug-likeness (QED) is 0.251. The van der Waals surface area contributed by atoms with Crippen molar-refractivity contribution >= 4 is 23.1 Å². The summed E-state index contributed by atoms with van der Waals surface area (Å²) in [5.41, 5.74) is 11.8. The minimum atomic E-state index is 0.502. The Hall–Kier alpha value is -2.95. The molecule has 0 bridgehead atoms. The van der Waals surface area contributed by atoms with Gasteiger partial charge < -0.3 is 21.1 Å². The van der Waals surface area contributed by atoms with Gasteiger partial charge in [-0.05, 0) is 56.4 Å². The fourth-order valence-electron chi connectivity index (χ4n) is 3.06. The summed E-state index contributed by atoms with van der Waals surface area (Å²) >= 11 is 0. The van der Waals surface area contributed by atoms with Crippen LogP contribution >= 0.6 is 0 Å². The monoisotopic (exact) mass is 393 g/mol. The summed E-state index contributed by atoms with van der Waals surface area (Å²) in [4.78, 5) is 4.81. The van der Waals surface area contributed by atoms with Gasteiger partial charge in [0.2, 0.25) is 0 Å². The van der Waals surface area contributed by atoms with E-state index in [1.807, 2.05) is 43.8 Å². The van der Waals surface area contributed by atoms with E-state index in [0.29, 0.717) is 28.4 Å². The molecule has 0 spiro atoms. The third kappa shape index (κ3) is 6.86. The molecule has 0 amide bonds. The second-order valence-corrected chi connectivity index (χ2v) is 7.44. The Morgan fingerprint density at radius 2 is 1.86 bits per heavy atom. The maximum Gasteiger partial charge on any atom is 0.140 e. The first kappa shape index (κ1) is 24.1. The fraction of sp³-hybridized carbons (Fsp3) is 0.375. The third-order valence-corrected chi connectivity index (χ3v) is 4.75. The number of aromatic nitrogens is 2. The van der Waals surface area contributed by atoms with Crippen LogP contribution in [0.5, 0.6) is 0 Å². The Bertz CT molecular complexity index is 890. The van der Waals surface area contributed by atoms with Crippen molar-refractivity contribution in [3.63, 3.8) is 0 Å². The van der Waals surface area contributed by atoms with Crippen molar-refractivity contribution < 1.29 is 0 Å². The van der Waals surface area contributed by atoms with E-state index in [-0.39, 0.29) is 0 Å². The molecule has 1 aromatic rings. The normalized spacial score (nSPS) is 13.1. The van der Waals surface area contributed by atoms with Crippen LogP contribution in [0.15, 0.2) is 53.9 Å². The zero-order chi connectivity index (χ0) is 22.1. The second-order valence-electron chi connectivity index (χ2n) is 7.44. The molecule has 0 aliphatic rings. The number of hydrogen-bond acceptors (Lipinski definition) is 4. The number of imidazole rings is 1. The molecule has 5 heteroatoms. The summed E-state index contributed by atoms with van der Waals surface area (Å²) < 4.78 is 1.93. The lowest BCUT2D eigenvalue weighted by Gasteiger charge is -2.10. The van der Waals surface area contributed by atoms with Gasteiger partial charge >= 0.3 is 0 Å². The van der Waals surface area contributed by atoms with Crippen molar-refractivity contribution in [1.82, 2.24) is 9.55 Å². The molecule has 0 fully saturated rings. The van der Waals surface area contributed by atoms with Crippen LogP contribution < -0.4 is 5.73 Å². The summed E-state index contributed by atoms with van der Waals surface area (Å²) in [5, 5.41) is 15.7. The van der Waals surface area contributed by atoms with Crippen LogP contribution in [0.3, 0.4) is 0 Å². The predicted molar refractivity (Wildman–Crippen MR) is 126 cm³/mol. The zero-order valence-electron chi connectivity index (χ0n) is 18.5. The van der Waals surface area contributed by atoms with Gasteiger partial charge in [-0.15, -0.1) is 0 Å². The zero-order valence-corrected chi connectivity index (χ0v) is 18.5. The molecule has 0 atom stereocenters. The standard InChI is InChI=1S/C24H35N5/c1-8-9-10-11-21(13-18(4)26)23-15-29(7)24(28-23)19(5)22(14-25)17(3)12-16(2)20(6)27/h12-15,25-26H,5-6,8-11,27H2,1-4,7H3/b16-12+,21-13+,22-17-,25-14?,26-18?. The summed E-state index contributed by atoms with van der Waals surface area (Å²) in [6.07, 6.45) is 11.3. The Morgan fingerprint density at radius 1 is 1.21 bits per heavy atom. The van der Waals surface area contributed by atoms with Gasteiger partial charge in [0.25, 0.3) is 0 Å². The van der Waals surface area contributed by atoms with Crippen LogP contribution in [-0.2, 0) is 7.05 Å². The molecule has 5 nitrogen and oxygen atoms in total. The van der Waals surface area contributed by atoms with Crippen LogP contribution in [0.25, 0.3) is 11.1 Å². The summed E-state index contributed by atoms with van der Waals surface area (Å²) in [5.74, 6) is 0.708. The number of hydrogen-bond donors (Lipinski definition) is 3. The number of aryl methyl sites for hydroxylation is 1. The number of unbranched alkanes of at least 4 members (excludes halogenated alkanes) is 2. The first-order chi connectivity index (χ1) is 13.6. The molecule has 0 aliphatic carbocycles. The molecule has 29 heavy (non-hydrogen) atoms. The summed E-state index contributed by atoms with van der Waals surface area (Å²) in [7, 11) is 1.93. The summed E-state index contributed by atoms with van der Waals surface area (Å²) in [6, 6.07) is 0. The minimum Gasteiger partial charge on any atom is -0.399 e. The average molecular weight is 394 g/mol. The van der Waals surface area contributed by atoms with Gasteiger partial charge in [0.15, 0.2) is 0 Å². The lowest BCUT2D eigenvalue weighted by Crippen LogP contribution is -2.01. The van der Waals surface area contributed by atoms with E-state index in [9.17, 15) is 0 Å². The number of nitrogens with zero attached hydrogens (tertiary/aromatic N) is 2. The molecule has 0 unspecified atom stereocenters. The molecule has 1 rings (SSSR count). The van der Waals surface area contributed by atoms with E-state index in [2.05, 4.69) is 20.1 Å². The molecule has 156 valence electrons. The van der Waals surface area contributed by atoms with Gasteiger partial charge in [-0.25, -0.2) is 4.98 Å². The minimum absolute atomic E-state index is 0.502. The van der Waals surface area contributed by atoms with Gasteiger partial charge in [-0.1, -0.05) is 39.0 Å². The topological polar surface area (TPSA) is 91.5 Å². The fourth-order valence-corrected chi connectivity index (χ4v) is 3.06. The average Bonchev–Trinajstić information content (AvgIpc) is 3.02. The van der Waals surface area contributed by atoms with Gasteiger partial charge in [0.05, 0.1) is 5.69 Å². The number of nitrogens with two attached hydrogens (primary N) is 1. The first-order valence-corrected chi connectivity index (χ1v) is 9.95. The Labute approximate surface area is 175 Å². The molecule has 0 aliphatic heterocycles. The van der Waals surface area contributed by atoms with Gasteiger partial charge in [0, 0.05) is 42.0 Å². The van der Waals surface area contributed by atoms with E-state index in [1.54, 1.807) is 6.92 Å². The highest BCUT2D eigenvalue weighted by molar-refractivity contribution is 6.00. The molecule has 1 heterocycles. The Balaban J connectivity index is 3.35. The van der Waals surface area contributed by atoms with Crippen molar-refractivity contribution in [3.05, 3.63) is 65.4 Å². The largest absolute Gasteiger partial charge is 0.399 e. The molecule has 0 aromatic carbocycles. The van der Waals surface area contributed by atoms with E-state index >= 15 is 0 Å². The van der Waals surface area contributed by atoms with Gasteiger partial charge in [-0.2, -0.15) is 0 Å². The van der Waals surface area contributed by atoms with E-state index in [0.717, 1.165) is 48.1 Å². The Morgan fingerprint density at radius 3 is 2.38 bits per heavy atom. The van der Waals surface area contributed by atoms with Crippen molar-refractivity contribution in [2.24, 2.45) is 12.8 Å². The van der Waals surface area contributed by atoms with E-state index in [4.69, 9.17) is 21.5 Å². The highest BCUT2D eigenvalue weighted by Gasteiger charge is 2.15. The molecule has 1 aromatic heterocycles. The molecule has 0 saturated carbocycles. The van der Waals surface area contributed by atoms with E-state index in [1.165, 1.54) is 6.21 Å². The predicted octanol–water partition coefficient (Wildman–Crippen LogP) is 5.82. The number of allylic oxidation sites excluding steroid dienone is 7. The lowest BCUT2D eigenvalue weighted by atomic mass is 10.00. The van der Waals surface area contributed by atoms with Crippen molar-refractivity contribution in [2.45, 2.75) is 53.4 Å². The highest BCUT2D eigenvalue weighted by atomic mass is 15.0. The van der Waals surface area contributed by atoms with Crippen LogP contribution in [0.4, 0.5) is 0 Å². The first-order valence-electron chi connectivity index (χ1n) is 9.95. The van der Waals surface area contributed by atoms with Crippen LogP contribution in [0, 0.1) is 10.8 Å². The number of nitrogens with one attached hydrogen (secondary N) is 2. The highest BCUT2D eigenvalue weighted by Crippen LogP contribution is 2.27. The van der Waals surface area contributed by atoms with Crippen molar-refractivity contribution in [1.29, 1.82) is 10.8 Å². The van der Waals surface area contributed by atoms with Crippen LogP contribution in [0.1, 0.15) is 64.9 Å². The van der Waals surface area contributed by atoms with Gasteiger partial charge in [0.1, 0.15) is 5.82 Å². The number of rotatable bonds is 11. The molecule has 0 radical (unpaired) electrons. The molecular formula is C24H35N5. The second kappa shape index (κ2) is 11.1. The lowest BCUT2D eigenvalue weighted by molar-refractivity contribution is 0.734. The third-order valence-electron chi connectivity index (χ3n) is 4.75. The smallest absolute Gasteiger partial charge is 0.140 e. The van der Waals surface area contributed by atoms with Crippen LogP contribution in [-0.4, -0.2) is 21.5 Å². The van der Waals surface area contributed by atoms with Crippen molar-refractivity contribution in [2.75, 3.05) is 0 Å². The molecular weight excluding hydrogens is 358 g/mol. The molecule has 4 N–H and O–H groups in total. The van der Waals surface area contributed by atoms with Crippen LogP contribution in [0.2, 0.25) is 0 Å². The Kier molecular flexibility index (Phi) is 9.26. The SMILES string of the molecule is C=C(N)/C(C)=C/C(C)=C(/C=N)C(=C)c1nc(/C(=C/C(C)=N)CCCCC)cn1C. The van der Waals surface area contributed by atoms with Crippen molar-refractivity contribution in [3.8, 4) is 0 Å². The van der Waals surface area contributed by atoms with Gasteiger partial charge in [-0.3, -0.25) is 0 Å². The maximum absolute atomic E-state index is 7.88. The van der Waals surface area contributed by atoms with E-state index < -0.39 is 0 Å². The maximum atomic E-state index is 7.88. The summed E-state index contributed by atoms with van der Waals surface area (Å²) in [6.45, 7) is 15.7. The molecule has 0 saturated heterocycles.